The lowest BCUT2D eigenvalue weighted by atomic mass is 10.1. The Labute approximate surface area is 114 Å². The van der Waals surface area contributed by atoms with Crippen LogP contribution in [-0.4, -0.2) is 17.5 Å². The Bertz CT molecular complexity index is 408. The summed E-state index contributed by atoms with van der Waals surface area (Å²) in [5, 5.41) is 0. The number of hydrogen-bond donors (Lipinski definition) is 2. The van der Waals surface area contributed by atoms with Gasteiger partial charge in [-0.1, -0.05) is 39.0 Å². The zero-order valence-electron chi connectivity index (χ0n) is 11.5. The van der Waals surface area contributed by atoms with Gasteiger partial charge >= 0.3 is 0 Å². The fraction of sp³-hybridized carbons (Fsp3) is 0.571. The molecule has 106 valence electrons. The van der Waals surface area contributed by atoms with Crippen molar-refractivity contribution in [2.45, 2.75) is 45.4 Å². The fourth-order valence-corrected chi connectivity index (χ4v) is 1.81. The summed E-state index contributed by atoms with van der Waals surface area (Å²) in [6.07, 6.45) is 8.55. The normalized spacial score (nSPS) is 10.4. The van der Waals surface area contributed by atoms with E-state index in [0.717, 1.165) is 12.8 Å². The van der Waals surface area contributed by atoms with Crippen molar-refractivity contribution in [1.29, 1.82) is 0 Å². The van der Waals surface area contributed by atoms with Crippen LogP contribution in [0.3, 0.4) is 0 Å². The minimum absolute atomic E-state index is 0.242. The number of pyridine rings is 1. The summed E-state index contributed by atoms with van der Waals surface area (Å²) in [5.41, 5.74) is 11.5. The van der Waals surface area contributed by atoms with Crippen molar-refractivity contribution in [3.8, 4) is 5.88 Å². The number of carbonyl (C=O) groups excluding carboxylic acids is 1. The van der Waals surface area contributed by atoms with Crippen LogP contribution in [0, 0.1) is 0 Å². The molecule has 1 aromatic rings. The quantitative estimate of drug-likeness (QED) is 0.671. The van der Waals surface area contributed by atoms with Crippen molar-refractivity contribution >= 4 is 11.6 Å². The number of amides is 1. The first-order chi connectivity index (χ1) is 9.15. The molecule has 0 bridgehead atoms. The standard InChI is InChI=1S/C14H23N3O2/c1-2-3-4-5-6-7-8-19-14-12(13(16)18)9-11(15)10-17-14/h9-10H,2-8,15H2,1H3,(H2,16,18). The van der Waals surface area contributed by atoms with Gasteiger partial charge in [0.15, 0.2) is 0 Å². The summed E-state index contributed by atoms with van der Waals surface area (Å²) in [6.45, 7) is 2.74. The molecular weight excluding hydrogens is 242 g/mol. The van der Waals surface area contributed by atoms with E-state index in [1.165, 1.54) is 37.9 Å². The predicted octanol–water partition coefficient (Wildman–Crippen LogP) is 2.50. The summed E-state index contributed by atoms with van der Waals surface area (Å²) < 4.78 is 5.49. The Balaban J connectivity index is 2.35. The Morgan fingerprint density at radius 3 is 2.63 bits per heavy atom. The summed E-state index contributed by atoms with van der Waals surface area (Å²) in [5.74, 6) is -0.298. The molecule has 1 rings (SSSR count). The molecule has 0 aliphatic carbocycles. The maximum absolute atomic E-state index is 11.2. The average molecular weight is 265 g/mol. The van der Waals surface area contributed by atoms with Crippen molar-refractivity contribution in [3.63, 3.8) is 0 Å². The van der Waals surface area contributed by atoms with E-state index >= 15 is 0 Å². The smallest absolute Gasteiger partial charge is 0.254 e. The van der Waals surface area contributed by atoms with Crippen LogP contribution in [0.15, 0.2) is 12.3 Å². The topological polar surface area (TPSA) is 91.2 Å². The van der Waals surface area contributed by atoms with E-state index in [4.69, 9.17) is 16.2 Å². The highest BCUT2D eigenvalue weighted by Gasteiger charge is 2.11. The molecule has 0 radical (unpaired) electrons. The predicted molar refractivity (Wildman–Crippen MR) is 76.0 cm³/mol. The lowest BCUT2D eigenvalue weighted by Crippen LogP contribution is -2.15. The number of nitrogens with zero attached hydrogens (tertiary/aromatic N) is 1. The van der Waals surface area contributed by atoms with Gasteiger partial charge in [-0.3, -0.25) is 4.79 Å². The molecule has 1 heterocycles. The Morgan fingerprint density at radius 2 is 1.95 bits per heavy atom. The van der Waals surface area contributed by atoms with Crippen LogP contribution < -0.4 is 16.2 Å². The highest BCUT2D eigenvalue weighted by Crippen LogP contribution is 2.17. The van der Waals surface area contributed by atoms with E-state index in [0.29, 0.717) is 12.3 Å². The third-order valence-electron chi connectivity index (χ3n) is 2.87. The van der Waals surface area contributed by atoms with Crippen LogP contribution in [0.5, 0.6) is 5.88 Å². The lowest BCUT2D eigenvalue weighted by molar-refractivity contribution is 0.0995. The number of ether oxygens (including phenoxy) is 1. The zero-order valence-corrected chi connectivity index (χ0v) is 11.5. The van der Waals surface area contributed by atoms with Crippen LogP contribution in [0.1, 0.15) is 55.8 Å². The third-order valence-corrected chi connectivity index (χ3v) is 2.87. The average Bonchev–Trinajstić information content (AvgIpc) is 2.39. The van der Waals surface area contributed by atoms with Gasteiger partial charge in [-0.25, -0.2) is 4.98 Å². The van der Waals surface area contributed by atoms with E-state index in [1.807, 2.05) is 0 Å². The maximum atomic E-state index is 11.2. The monoisotopic (exact) mass is 265 g/mol. The number of hydrogen-bond acceptors (Lipinski definition) is 4. The summed E-state index contributed by atoms with van der Waals surface area (Å²) in [7, 11) is 0. The molecule has 1 aromatic heterocycles. The van der Waals surface area contributed by atoms with Crippen LogP contribution >= 0.6 is 0 Å². The molecule has 0 aliphatic rings. The molecule has 0 spiro atoms. The largest absolute Gasteiger partial charge is 0.477 e. The van der Waals surface area contributed by atoms with Crippen LogP contribution in [0.25, 0.3) is 0 Å². The summed E-state index contributed by atoms with van der Waals surface area (Å²) in [4.78, 5) is 15.2. The number of anilines is 1. The van der Waals surface area contributed by atoms with Crippen molar-refractivity contribution in [3.05, 3.63) is 17.8 Å². The number of unbranched alkanes of at least 4 members (excludes halogenated alkanes) is 5. The van der Waals surface area contributed by atoms with E-state index in [-0.39, 0.29) is 11.4 Å². The fourth-order valence-electron chi connectivity index (χ4n) is 1.81. The number of nitrogens with two attached hydrogens (primary N) is 2. The molecular formula is C14H23N3O2. The molecule has 5 nitrogen and oxygen atoms in total. The number of primary amides is 1. The second-order valence-electron chi connectivity index (χ2n) is 4.60. The molecule has 0 unspecified atom stereocenters. The molecule has 0 saturated carbocycles. The molecule has 0 aliphatic heterocycles. The first kappa shape index (κ1) is 15.3. The number of nitrogen functional groups attached to an aromatic ring is 1. The zero-order chi connectivity index (χ0) is 14.1. The second-order valence-corrected chi connectivity index (χ2v) is 4.60. The van der Waals surface area contributed by atoms with E-state index in [9.17, 15) is 4.79 Å². The van der Waals surface area contributed by atoms with Gasteiger partial charge in [0.1, 0.15) is 5.56 Å². The second kappa shape index (κ2) is 8.34. The van der Waals surface area contributed by atoms with Gasteiger partial charge in [-0.05, 0) is 12.5 Å². The van der Waals surface area contributed by atoms with Crippen molar-refractivity contribution < 1.29 is 9.53 Å². The first-order valence-electron chi connectivity index (χ1n) is 6.83. The minimum atomic E-state index is -0.572. The Hall–Kier alpha value is -1.78. The molecule has 5 heteroatoms. The molecule has 0 saturated heterocycles. The molecule has 0 aromatic carbocycles. The number of rotatable bonds is 9. The van der Waals surface area contributed by atoms with Crippen LogP contribution in [0.4, 0.5) is 5.69 Å². The highest BCUT2D eigenvalue weighted by molar-refractivity contribution is 5.95. The van der Waals surface area contributed by atoms with Crippen molar-refractivity contribution in [2.75, 3.05) is 12.3 Å². The summed E-state index contributed by atoms with van der Waals surface area (Å²) >= 11 is 0. The molecule has 19 heavy (non-hydrogen) atoms. The molecule has 0 atom stereocenters. The van der Waals surface area contributed by atoms with E-state index in [1.54, 1.807) is 0 Å². The lowest BCUT2D eigenvalue weighted by Gasteiger charge is -2.08. The Kier molecular flexibility index (Phi) is 6.71. The highest BCUT2D eigenvalue weighted by atomic mass is 16.5. The SMILES string of the molecule is CCCCCCCCOc1ncc(N)cc1C(N)=O. The van der Waals surface area contributed by atoms with E-state index in [2.05, 4.69) is 11.9 Å². The Morgan fingerprint density at radius 1 is 1.26 bits per heavy atom. The van der Waals surface area contributed by atoms with Gasteiger partial charge in [-0.2, -0.15) is 0 Å². The van der Waals surface area contributed by atoms with Crippen molar-refractivity contribution in [2.24, 2.45) is 5.73 Å². The first-order valence-corrected chi connectivity index (χ1v) is 6.83. The number of carbonyl (C=O) groups is 1. The maximum Gasteiger partial charge on any atom is 0.254 e. The third kappa shape index (κ3) is 5.59. The number of aromatic nitrogens is 1. The molecule has 4 N–H and O–H groups in total. The van der Waals surface area contributed by atoms with Gasteiger partial charge in [-0.15, -0.1) is 0 Å². The van der Waals surface area contributed by atoms with Crippen LogP contribution in [0.2, 0.25) is 0 Å². The van der Waals surface area contributed by atoms with Crippen LogP contribution in [-0.2, 0) is 0 Å². The van der Waals surface area contributed by atoms with E-state index < -0.39 is 5.91 Å². The van der Waals surface area contributed by atoms with Gasteiger partial charge in [0, 0.05) is 0 Å². The van der Waals surface area contributed by atoms with Crippen molar-refractivity contribution in [1.82, 2.24) is 4.98 Å². The molecule has 0 fully saturated rings. The minimum Gasteiger partial charge on any atom is -0.477 e. The molecule has 1 amide bonds. The summed E-state index contributed by atoms with van der Waals surface area (Å²) in [6, 6.07) is 1.49. The van der Waals surface area contributed by atoms with Gasteiger partial charge in [0.05, 0.1) is 18.5 Å². The van der Waals surface area contributed by atoms with Gasteiger partial charge in [0.2, 0.25) is 5.88 Å². The van der Waals surface area contributed by atoms with Gasteiger partial charge in [0.25, 0.3) is 5.91 Å². The van der Waals surface area contributed by atoms with Gasteiger partial charge < -0.3 is 16.2 Å².